The standard InChI is InChI=1S/C28H34F3N7O4S/c1-27(2,3)19-9-12-21(13-10-19)38(16-17-5-7-18(8-6-17)24(39)33-25-34-36-37-35-25)26(40)32-20-11-14-22(42-28(29,30)31)23(15-20)43(4)41/h5-8,11,14-15,19,21H,9-10,12-13,16H2,1-4H3,(H,32,40)(H2,33,34,35,36,37,39). The van der Waals surface area contributed by atoms with E-state index in [-0.39, 0.29) is 34.5 Å². The number of benzene rings is 2. The molecule has 1 aromatic heterocycles. The maximum absolute atomic E-state index is 13.7. The van der Waals surface area contributed by atoms with E-state index in [2.05, 4.69) is 56.8 Å². The average molecular weight is 622 g/mol. The predicted molar refractivity (Wildman–Crippen MR) is 154 cm³/mol. The highest BCUT2D eigenvalue weighted by Crippen LogP contribution is 2.39. The first-order chi connectivity index (χ1) is 20.2. The number of anilines is 2. The number of nitrogens with zero attached hydrogens (tertiary/aromatic N) is 4. The van der Waals surface area contributed by atoms with Gasteiger partial charge in [-0.15, -0.1) is 18.3 Å². The van der Waals surface area contributed by atoms with Crippen molar-refractivity contribution in [3.05, 3.63) is 53.6 Å². The number of hydrogen-bond donors (Lipinski definition) is 3. The van der Waals surface area contributed by atoms with Crippen molar-refractivity contribution >= 4 is 34.4 Å². The summed E-state index contributed by atoms with van der Waals surface area (Å²) in [5.74, 6) is -0.470. The van der Waals surface area contributed by atoms with Crippen molar-refractivity contribution < 1.29 is 31.7 Å². The van der Waals surface area contributed by atoms with Crippen molar-refractivity contribution in [3.63, 3.8) is 0 Å². The van der Waals surface area contributed by atoms with Crippen molar-refractivity contribution in [2.24, 2.45) is 11.3 Å². The fraction of sp³-hybridized carbons (Fsp3) is 0.464. The van der Waals surface area contributed by atoms with Gasteiger partial charge in [0.15, 0.2) is 0 Å². The molecule has 3 amide bonds. The Hall–Kier alpha value is -4.01. The van der Waals surface area contributed by atoms with Gasteiger partial charge in [0.05, 0.1) is 15.7 Å². The molecule has 3 aromatic rings. The molecular formula is C28H34F3N7O4S. The summed E-state index contributed by atoms with van der Waals surface area (Å²) in [6.07, 6.45) is -0.279. The second kappa shape index (κ2) is 13.1. The lowest BCUT2D eigenvalue weighted by atomic mass is 9.71. The summed E-state index contributed by atoms with van der Waals surface area (Å²) in [5, 5.41) is 18.3. The molecule has 15 heteroatoms. The fourth-order valence-electron chi connectivity index (χ4n) is 5.18. The molecule has 43 heavy (non-hydrogen) atoms. The van der Waals surface area contributed by atoms with Crippen LogP contribution in [0.3, 0.4) is 0 Å². The van der Waals surface area contributed by atoms with Gasteiger partial charge >= 0.3 is 12.4 Å². The van der Waals surface area contributed by atoms with Crippen LogP contribution in [0.2, 0.25) is 0 Å². The molecule has 0 spiro atoms. The lowest BCUT2D eigenvalue weighted by molar-refractivity contribution is -0.275. The molecule has 232 valence electrons. The molecule has 0 bridgehead atoms. The van der Waals surface area contributed by atoms with Crippen molar-refractivity contribution in [2.45, 2.75) is 70.3 Å². The third-order valence-electron chi connectivity index (χ3n) is 7.49. The SMILES string of the molecule is CS(=O)c1cc(NC(=O)N(Cc2ccc(C(=O)Nc3nn[nH]n3)cc2)C2CCC(C(C)(C)C)CC2)ccc1OC(F)(F)F. The molecule has 11 nitrogen and oxygen atoms in total. The number of amides is 3. The number of hydrogen-bond acceptors (Lipinski definition) is 7. The Balaban J connectivity index is 1.53. The lowest BCUT2D eigenvalue weighted by Crippen LogP contribution is -2.45. The molecule has 3 N–H and O–H groups in total. The van der Waals surface area contributed by atoms with Gasteiger partial charge in [-0.2, -0.15) is 5.21 Å². The summed E-state index contributed by atoms with van der Waals surface area (Å²) in [7, 11) is -1.81. The van der Waals surface area contributed by atoms with E-state index in [1.807, 2.05) is 0 Å². The van der Waals surface area contributed by atoms with Gasteiger partial charge in [0.1, 0.15) is 5.75 Å². The summed E-state index contributed by atoms with van der Waals surface area (Å²) in [4.78, 5) is 27.7. The van der Waals surface area contributed by atoms with Crippen molar-refractivity contribution in [1.82, 2.24) is 25.5 Å². The normalized spacial score (nSPS) is 18.0. The van der Waals surface area contributed by atoms with Gasteiger partial charge < -0.3 is 15.0 Å². The maximum Gasteiger partial charge on any atom is 0.573 e. The van der Waals surface area contributed by atoms with Crippen molar-refractivity contribution in [2.75, 3.05) is 16.9 Å². The molecule has 1 unspecified atom stereocenters. The Bertz CT molecular complexity index is 1440. The molecule has 0 aliphatic heterocycles. The van der Waals surface area contributed by atoms with Gasteiger partial charge in [-0.05, 0) is 78.1 Å². The van der Waals surface area contributed by atoms with E-state index in [4.69, 9.17) is 0 Å². The van der Waals surface area contributed by atoms with Gasteiger partial charge in [0.25, 0.3) is 11.9 Å². The topological polar surface area (TPSA) is 142 Å². The highest BCUT2D eigenvalue weighted by molar-refractivity contribution is 7.84. The monoisotopic (exact) mass is 621 g/mol. The maximum atomic E-state index is 13.7. The zero-order valence-corrected chi connectivity index (χ0v) is 25.0. The minimum Gasteiger partial charge on any atom is -0.404 e. The molecule has 1 heterocycles. The second-order valence-electron chi connectivity index (χ2n) is 11.5. The minimum absolute atomic E-state index is 0.0378. The van der Waals surface area contributed by atoms with Crippen molar-refractivity contribution in [1.29, 1.82) is 0 Å². The highest BCUT2D eigenvalue weighted by atomic mass is 32.2. The first-order valence-corrected chi connectivity index (χ1v) is 15.2. The van der Waals surface area contributed by atoms with Gasteiger partial charge in [0, 0.05) is 30.1 Å². The van der Waals surface area contributed by atoms with Crippen LogP contribution in [0.5, 0.6) is 5.75 Å². The molecule has 1 fully saturated rings. The molecule has 1 aliphatic carbocycles. The fourth-order valence-corrected chi connectivity index (χ4v) is 5.87. The summed E-state index contributed by atoms with van der Waals surface area (Å²) < 4.78 is 54.7. The largest absolute Gasteiger partial charge is 0.573 e. The first-order valence-electron chi connectivity index (χ1n) is 13.6. The number of H-pyrrole nitrogens is 1. The summed E-state index contributed by atoms with van der Waals surface area (Å²) >= 11 is 0. The van der Waals surface area contributed by atoms with E-state index in [1.54, 1.807) is 29.2 Å². The molecule has 0 saturated heterocycles. The van der Waals surface area contributed by atoms with Crippen LogP contribution >= 0.6 is 0 Å². The first kappa shape index (κ1) is 31.9. The molecule has 2 aromatic carbocycles. The number of aromatic nitrogens is 4. The summed E-state index contributed by atoms with van der Waals surface area (Å²) in [6, 6.07) is 9.74. The van der Waals surface area contributed by atoms with Crippen LogP contribution in [0, 0.1) is 11.3 Å². The molecule has 1 saturated carbocycles. The Morgan fingerprint density at radius 2 is 1.72 bits per heavy atom. The van der Waals surface area contributed by atoms with E-state index in [0.29, 0.717) is 11.5 Å². The van der Waals surface area contributed by atoms with Crippen LogP contribution in [0.25, 0.3) is 0 Å². The van der Waals surface area contributed by atoms with E-state index < -0.39 is 34.8 Å². The summed E-state index contributed by atoms with van der Waals surface area (Å²) in [5.41, 5.74) is 1.46. The molecule has 4 rings (SSSR count). The number of tetrazole rings is 1. The predicted octanol–water partition coefficient (Wildman–Crippen LogP) is 5.73. The summed E-state index contributed by atoms with van der Waals surface area (Å²) in [6.45, 7) is 6.85. The Labute approximate surface area is 249 Å². The number of ether oxygens (including phenoxy) is 1. The number of carbonyl (C=O) groups is 2. The van der Waals surface area contributed by atoms with Crippen LogP contribution < -0.4 is 15.4 Å². The van der Waals surface area contributed by atoms with Crippen LogP contribution in [0.4, 0.5) is 29.6 Å². The smallest absolute Gasteiger partial charge is 0.404 e. The van der Waals surface area contributed by atoms with Gasteiger partial charge in [-0.3, -0.25) is 14.3 Å². The van der Waals surface area contributed by atoms with Crippen molar-refractivity contribution in [3.8, 4) is 5.75 Å². The average Bonchev–Trinajstić information content (AvgIpc) is 3.44. The molecule has 1 atom stereocenters. The third kappa shape index (κ3) is 8.75. The molecule has 1 aliphatic rings. The second-order valence-corrected chi connectivity index (χ2v) is 12.8. The van der Waals surface area contributed by atoms with Gasteiger partial charge in [-0.25, -0.2) is 4.79 Å². The Morgan fingerprint density at radius 3 is 2.28 bits per heavy atom. The number of carbonyl (C=O) groups excluding carboxylic acids is 2. The number of nitrogens with one attached hydrogen (secondary N) is 3. The van der Waals surface area contributed by atoms with E-state index in [1.165, 1.54) is 18.4 Å². The van der Waals surface area contributed by atoms with Crippen LogP contribution in [-0.4, -0.2) is 60.3 Å². The van der Waals surface area contributed by atoms with Gasteiger partial charge in [0.2, 0.25) is 0 Å². The minimum atomic E-state index is -4.95. The number of alkyl halides is 3. The van der Waals surface area contributed by atoms with Crippen LogP contribution in [0.15, 0.2) is 47.4 Å². The Kier molecular flexibility index (Phi) is 9.72. The quantitative estimate of drug-likeness (QED) is 0.292. The van der Waals surface area contributed by atoms with E-state index in [0.717, 1.165) is 37.3 Å². The van der Waals surface area contributed by atoms with E-state index >= 15 is 0 Å². The zero-order chi connectivity index (χ0) is 31.4. The number of halogens is 3. The lowest BCUT2D eigenvalue weighted by Gasteiger charge is -2.41. The molecular weight excluding hydrogens is 587 g/mol. The molecule has 0 radical (unpaired) electrons. The highest BCUT2D eigenvalue weighted by Gasteiger charge is 2.35. The number of urea groups is 1. The van der Waals surface area contributed by atoms with Crippen LogP contribution in [-0.2, 0) is 17.3 Å². The number of rotatable bonds is 8. The van der Waals surface area contributed by atoms with E-state index in [9.17, 15) is 27.0 Å². The zero-order valence-electron chi connectivity index (χ0n) is 24.2. The number of aromatic amines is 1. The third-order valence-corrected chi connectivity index (χ3v) is 8.43. The van der Waals surface area contributed by atoms with Gasteiger partial charge in [-0.1, -0.05) is 38.0 Å². The van der Waals surface area contributed by atoms with Crippen LogP contribution in [0.1, 0.15) is 62.4 Å². The Morgan fingerprint density at radius 1 is 1.05 bits per heavy atom.